The minimum Gasteiger partial charge on any atom is -0.550 e. The predicted molar refractivity (Wildman–Crippen MR) is 118 cm³/mol. The SMILES string of the molecule is CCCCCC=CCC=CC=CC=CC(SCC([NH3+])C(=O)[O-])C(O)CCCC(=O)[O-]. The largest absolute Gasteiger partial charge is 0.550 e. The molecule has 0 rings (SSSR count). The number of quaternary nitrogens is 1. The number of hydrogen-bond acceptors (Lipinski definition) is 6. The maximum Gasteiger partial charge on any atom is 0.134 e. The Kier molecular flexibility index (Phi) is 18.0. The fraction of sp³-hybridized carbons (Fsp3) is 0.565. The van der Waals surface area contributed by atoms with Gasteiger partial charge in [-0.25, -0.2) is 0 Å². The predicted octanol–water partition coefficient (Wildman–Crippen LogP) is 0.925. The van der Waals surface area contributed by atoms with Crippen molar-refractivity contribution < 1.29 is 30.6 Å². The third-order valence-corrected chi connectivity index (χ3v) is 5.72. The maximum absolute atomic E-state index is 10.8. The zero-order valence-corrected chi connectivity index (χ0v) is 18.7. The van der Waals surface area contributed by atoms with Crippen molar-refractivity contribution in [3.8, 4) is 0 Å². The number of carboxylic acid groups (broad SMARTS) is 2. The molecule has 7 heteroatoms. The third-order valence-electron chi connectivity index (χ3n) is 4.27. The highest BCUT2D eigenvalue weighted by Gasteiger charge is 2.19. The molecule has 0 saturated heterocycles. The summed E-state index contributed by atoms with van der Waals surface area (Å²) in [7, 11) is 0. The fourth-order valence-electron chi connectivity index (χ4n) is 2.47. The summed E-state index contributed by atoms with van der Waals surface area (Å²) in [5.41, 5.74) is 3.52. The molecule has 30 heavy (non-hydrogen) atoms. The number of rotatable bonds is 18. The molecule has 170 valence electrons. The summed E-state index contributed by atoms with van der Waals surface area (Å²) in [4.78, 5) is 21.4. The lowest BCUT2D eigenvalue weighted by Crippen LogP contribution is -2.69. The Hall–Kier alpha value is -1.83. The fourth-order valence-corrected chi connectivity index (χ4v) is 3.62. The van der Waals surface area contributed by atoms with Crippen molar-refractivity contribution in [1.82, 2.24) is 0 Å². The van der Waals surface area contributed by atoms with Crippen LogP contribution in [0.2, 0.25) is 0 Å². The van der Waals surface area contributed by atoms with Crippen LogP contribution in [-0.4, -0.2) is 40.2 Å². The van der Waals surface area contributed by atoms with Gasteiger partial charge in [0.05, 0.1) is 17.8 Å². The standard InChI is InChI=1S/C23H37NO5S/c1-2-3-4-5-6-7-8-9-10-11-12-13-16-21(30-18-19(24)23(28)29)20(25)15-14-17-22(26)27/h6-7,9-13,16,19-21,25H,2-5,8,14-15,17-18,24H2,1H3,(H,26,27)(H,28,29)/p-1. The highest BCUT2D eigenvalue weighted by Crippen LogP contribution is 2.20. The van der Waals surface area contributed by atoms with E-state index in [1.54, 1.807) is 12.2 Å². The van der Waals surface area contributed by atoms with Gasteiger partial charge in [0.15, 0.2) is 0 Å². The van der Waals surface area contributed by atoms with Crippen LogP contribution >= 0.6 is 11.8 Å². The lowest BCUT2D eigenvalue weighted by atomic mass is 10.1. The number of carbonyl (C=O) groups is 2. The number of carbonyl (C=O) groups excluding carboxylic acids is 2. The van der Waals surface area contributed by atoms with Crippen LogP contribution < -0.4 is 15.9 Å². The third kappa shape index (κ3) is 17.1. The Morgan fingerprint density at radius 3 is 2.43 bits per heavy atom. The Bertz CT molecular complexity index is 586. The van der Waals surface area contributed by atoms with Crippen LogP contribution in [0.25, 0.3) is 0 Å². The Labute approximate surface area is 184 Å². The Morgan fingerprint density at radius 2 is 1.77 bits per heavy atom. The molecule has 0 bridgehead atoms. The molecule has 0 amide bonds. The smallest absolute Gasteiger partial charge is 0.134 e. The first kappa shape index (κ1) is 28.2. The first-order chi connectivity index (χ1) is 14.4. The molecule has 0 aliphatic heterocycles. The summed E-state index contributed by atoms with van der Waals surface area (Å²) in [5.74, 6) is -2.19. The van der Waals surface area contributed by atoms with Gasteiger partial charge in [-0.3, -0.25) is 0 Å². The van der Waals surface area contributed by atoms with E-state index in [0.717, 1.165) is 12.8 Å². The van der Waals surface area contributed by atoms with Gasteiger partial charge >= 0.3 is 0 Å². The van der Waals surface area contributed by atoms with E-state index in [1.165, 1.54) is 31.0 Å². The molecule has 0 aliphatic carbocycles. The quantitative estimate of drug-likeness (QED) is 0.186. The average molecular weight is 439 g/mol. The topological polar surface area (TPSA) is 128 Å². The minimum atomic E-state index is -1.24. The van der Waals surface area contributed by atoms with Gasteiger partial charge in [0, 0.05) is 11.2 Å². The number of thioether (sulfide) groups is 1. The van der Waals surface area contributed by atoms with Gasteiger partial charge in [-0.05, 0) is 38.5 Å². The highest BCUT2D eigenvalue weighted by molar-refractivity contribution is 8.00. The molecule has 0 heterocycles. The van der Waals surface area contributed by atoms with Crippen molar-refractivity contribution in [3.05, 3.63) is 48.6 Å². The van der Waals surface area contributed by atoms with Crippen LogP contribution in [0.3, 0.4) is 0 Å². The van der Waals surface area contributed by atoms with Gasteiger partial charge in [-0.2, -0.15) is 0 Å². The highest BCUT2D eigenvalue weighted by atomic mass is 32.2. The summed E-state index contributed by atoms with van der Waals surface area (Å²) >= 11 is 1.26. The number of aliphatic hydroxyl groups excluding tert-OH is 1. The normalized spacial score (nSPS) is 15.4. The van der Waals surface area contributed by atoms with Crippen molar-refractivity contribution >= 4 is 23.7 Å². The van der Waals surface area contributed by atoms with Crippen molar-refractivity contribution in [1.29, 1.82) is 0 Å². The van der Waals surface area contributed by atoms with Crippen molar-refractivity contribution in [2.45, 2.75) is 75.7 Å². The van der Waals surface area contributed by atoms with Crippen molar-refractivity contribution in [3.63, 3.8) is 0 Å². The second-order valence-corrected chi connectivity index (χ2v) is 8.26. The van der Waals surface area contributed by atoms with E-state index in [4.69, 9.17) is 0 Å². The van der Waals surface area contributed by atoms with E-state index in [0.29, 0.717) is 6.42 Å². The number of unbranched alkanes of at least 4 members (excludes halogenated alkanes) is 3. The van der Waals surface area contributed by atoms with Gasteiger partial charge in [-0.1, -0.05) is 68.4 Å². The zero-order valence-electron chi connectivity index (χ0n) is 17.9. The van der Waals surface area contributed by atoms with Gasteiger partial charge in [-0.15, -0.1) is 11.8 Å². The molecular formula is C23H36NO5S-. The maximum atomic E-state index is 10.8. The second-order valence-electron chi connectivity index (χ2n) is 7.05. The lowest BCUT2D eigenvalue weighted by molar-refractivity contribution is -0.431. The van der Waals surface area contributed by atoms with Crippen LogP contribution in [0.1, 0.15) is 58.3 Å². The summed E-state index contributed by atoms with van der Waals surface area (Å²) < 4.78 is 0. The van der Waals surface area contributed by atoms with Gasteiger partial charge < -0.3 is 30.6 Å². The number of carboxylic acids is 2. The molecule has 4 N–H and O–H groups in total. The molecule has 0 fully saturated rings. The summed E-state index contributed by atoms with van der Waals surface area (Å²) in [5, 5.41) is 31.3. The minimum absolute atomic E-state index is 0.118. The molecule has 0 aromatic rings. The number of aliphatic hydroxyl groups is 1. The molecule has 0 saturated carbocycles. The van der Waals surface area contributed by atoms with Gasteiger partial charge in [0.25, 0.3) is 0 Å². The van der Waals surface area contributed by atoms with E-state index in [9.17, 15) is 24.9 Å². The summed E-state index contributed by atoms with van der Waals surface area (Å²) in [6.45, 7) is 2.19. The lowest BCUT2D eigenvalue weighted by Gasteiger charge is -2.20. The molecule has 3 atom stereocenters. The van der Waals surface area contributed by atoms with E-state index in [-0.39, 0.29) is 23.8 Å². The van der Waals surface area contributed by atoms with Crippen molar-refractivity contribution in [2.24, 2.45) is 0 Å². The van der Waals surface area contributed by atoms with Crippen LogP contribution in [0, 0.1) is 0 Å². The Balaban J connectivity index is 4.51. The van der Waals surface area contributed by atoms with E-state index >= 15 is 0 Å². The van der Waals surface area contributed by atoms with Crippen molar-refractivity contribution in [2.75, 3.05) is 5.75 Å². The second kappa shape index (κ2) is 19.2. The molecule has 0 radical (unpaired) electrons. The first-order valence-corrected chi connectivity index (χ1v) is 11.6. The summed E-state index contributed by atoms with van der Waals surface area (Å²) in [6.07, 6.45) is 21.1. The van der Waals surface area contributed by atoms with Gasteiger partial charge in [0.1, 0.15) is 6.04 Å². The molecule has 0 aromatic carbocycles. The monoisotopic (exact) mass is 438 g/mol. The molecule has 0 aromatic heterocycles. The zero-order chi connectivity index (χ0) is 22.6. The van der Waals surface area contributed by atoms with Crippen LogP contribution in [-0.2, 0) is 9.59 Å². The first-order valence-electron chi connectivity index (χ1n) is 10.6. The number of allylic oxidation sites excluding steroid dienone is 7. The average Bonchev–Trinajstić information content (AvgIpc) is 2.70. The van der Waals surface area contributed by atoms with Crippen LogP contribution in [0.15, 0.2) is 48.6 Å². The summed E-state index contributed by atoms with van der Waals surface area (Å²) in [6, 6.07) is -0.880. The van der Waals surface area contributed by atoms with Crippen LogP contribution in [0.5, 0.6) is 0 Å². The molecule has 3 unspecified atom stereocenters. The molecule has 0 aliphatic rings. The van der Waals surface area contributed by atoms with E-state index in [1.807, 2.05) is 18.2 Å². The number of hydrogen-bond donors (Lipinski definition) is 2. The Morgan fingerprint density at radius 1 is 1.03 bits per heavy atom. The van der Waals surface area contributed by atoms with Gasteiger partial charge in [0.2, 0.25) is 0 Å². The molecule has 6 nitrogen and oxygen atoms in total. The molecular weight excluding hydrogens is 402 g/mol. The van der Waals surface area contributed by atoms with Crippen LogP contribution in [0.4, 0.5) is 0 Å². The van der Waals surface area contributed by atoms with E-state index in [2.05, 4.69) is 30.9 Å². The van der Waals surface area contributed by atoms with E-state index < -0.39 is 24.1 Å². The molecule has 0 spiro atoms. The number of aliphatic carboxylic acids is 2.